The molecule has 0 radical (unpaired) electrons. The van der Waals surface area contributed by atoms with Gasteiger partial charge in [0.25, 0.3) is 5.91 Å². The summed E-state index contributed by atoms with van der Waals surface area (Å²) in [5, 5.41) is 5.24. The third-order valence-electron chi connectivity index (χ3n) is 6.88. The van der Waals surface area contributed by atoms with E-state index in [4.69, 9.17) is 10.5 Å². The summed E-state index contributed by atoms with van der Waals surface area (Å²) < 4.78 is 61.0. The van der Waals surface area contributed by atoms with Crippen molar-refractivity contribution in [2.24, 2.45) is 0 Å². The van der Waals surface area contributed by atoms with Gasteiger partial charge in [0, 0.05) is 30.9 Å². The molecule has 0 spiro atoms. The molecule has 5 rings (SSSR count). The van der Waals surface area contributed by atoms with Gasteiger partial charge in [-0.15, -0.1) is 0 Å². The third kappa shape index (κ3) is 4.53. The van der Waals surface area contributed by atoms with Crippen LogP contribution in [0.15, 0.2) is 30.5 Å². The number of carbonyl (C=O) groups excluding carboxylic acids is 2. The van der Waals surface area contributed by atoms with E-state index < -0.39 is 29.8 Å². The van der Waals surface area contributed by atoms with Crippen LogP contribution in [-0.2, 0) is 11.3 Å². The van der Waals surface area contributed by atoms with Crippen LogP contribution in [0, 0.1) is 5.82 Å². The minimum Gasteiger partial charge on any atom is -0.497 e. The van der Waals surface area contributed by atoms with Crippen molar-refractivity contribution in [3.05, 3.63) is 47.5 Å². The summed E-state index contributed by atoms with van der Waals surface area (Å²) in [5.41, 5.74) is 6.54. The highest BCUT2D eigenvalue weighted by atomic mass is 19.4. The molecule has 1 atom stereocenters. The van der Waals surface area contributed by atoms with Gasteiger partial charge in [-0.2, -0.15) is 18.3 Å². The van der Waals surface area contributed by atoms with Crippen LogP contribution in [0.1, 0.15) is 34.8 Å². The highest BCUT2D eigenvalue weighted by molar-refractivity contribution is 5.96. The van der Waals surface area contributed by atoms with Crippen molar-refractivity contribution in [2.45, 2.75) is 37.5 Å². The number of aromatic nitrogens is 3. The second-order valence-corrected chi connectivity index (χ2v) is 9.21. The van der Waals surface area contributed by atoms with Gasteiger partial charge in [-0.25, -0.2) is 9.37 Å². The van der Waals surface area contributed by atoms with Crippen LogP contribution >= 0.6 is 0 Å². The summed E-state index contributed by atoms with van der Waals surface area (Å²) in [6, 6.07) is 4.49. The normalized spacial score (nSPS) is 18.4. The van der Waals surface area contributed by atoms with Gasteiger partial charge in [-0.3, -0.25) is 14.3 Å². The molecule has 2 aliphatic heterocycles. The monoisotopic (exact) mass is 520 g/mol. The summed E-state index contributed by atoms with van der Waals surface area (Å²) in [4.78, 5) is 31.6. The Morgan fingerprint density at radius 3 is 2.68 bits per heavy atom. The maximum Gasteiger partial charge on any atom is 0.408 e. The number of nitrogens with zero attached hydrogens (tertiary/aromatic N) is 5. The number of ether oxygens (including phenoxy) is 1. The third-order valence-corrected chi connectivity index (χ3v) is 6.88. The molecule has 0 aliphatic carbocycles. The van der Waals surface area contributed by atoms with E-state index in [1.165, 1.54) is 22.8 Å². The van der Waals surface area contributed by atoms with Crippen molar-refractivity contribution in [3.63, 3.8) is 0 Å². The van der Waals surface area contributed by atoms with Crippen molar-refractivity contribution in [1.82, 2.24) is 24.6 Å². The van der Waals surface area contributed by atoms with Crippen LogP contribution in [0.25, 0.3) is 10.9 Å². The zero-order chi connectivity index (χ0) is 26.5. The maximum atomic E-state index is 14.1. The van der Waals surface area contributed by atoms with Gasteiger partial charge >= 0.3 is 6.18 Å². The van der Waals surface area contributed by atoms with Gasteiger partial charge in [0.15, 0.2) is 5.82 Å². The summed E-state index contributed by atoms with van der Waals surface area (Å²) >= 11 is 0. The maximum absolute atomic E-state index is 14.1. The van der Waals surface area contributed by atoms with Crippen molar-refractivity contribution in [2.75, 3.05) is 32.5 Å². The van der Waals surface area contributed by atoms with E-state index in [0.717, 1.165) is 11.1 Å². The number of alkyl halides is 3. The number of hydrogen-bond acceptors (Lipinski definition) is 6. The standard InChI is InChI=1S/C24H24F4N6O3/c1-37-14-4-5-18-16(7-14)22(13-10-32(11-13)23(36)15-8-20(29)30-9-17(15)25)31-34(18)12-21(35)33-6-2-3-19(33)24(26,27)28/h4-5,7-9,13,19H,2-3,6,10-12H2,1H3,(H2,29,30)/t19-/m0/s1. The zero-order valence-corrected chi connectivity index (χ0v) is 19.8. The first-order valence-electron chi connectivity index (χ1n) is 11.7. The Kier molecular flexibility index (Phi) is 6.16. The van der Waals surface area contributed by atoms with Crippen LogP contribution in [0.2, 0.25) is 0 Å². The summed E-state index contributed by atoms with van der Waals surface area (Å²) in [7, 11) is 1.50. The molecule has 13 heteroatoms. The highest BCUT2D eigenvalue weighted by Gasteiger charge is 2.47. The lowest BCUT2D eigenvalue weighted by molar-refractivity contribution is -0.183. The number of amides is 2. The predicted octanol–water partition coefficient (Wildman–Crippen LogP) is 2.95. The van der Waals surface area contributed by atoms with E-state index in [1.807, 2.05) is 0 Å². The van der Waals surface area contributed by atoms with Gasteiger partial charge in [-0.1, -0.05) is 0 Å². The summed E-state index contributed by atoms with van der Waals surface area (Å²) in [5.74, 6) is -1.65. The fraction of sp³-hybridized carbons (Fsp3) is 0.417. The molecule has 1 aromatic carbocycles. The second kappa shape index (κ2) is 9.20. The Hall–Kier alpha value is -3.90. The first kappa shape index (κ1) is 24.8. The Bertz CT molecular complexity index is 1370. The minimum atomic E-state index is -4.49. The highest BCUT2D eigenvalue weighted by Crippen LogP contribution is 2.36. The number of pyridine rings is 1. The number of fused-ring (bicyclic) bond motifs is 1. The molecule has 0 unspecified atom stereocenters. The Morgan fingerprint density at radius 1 is 1.22 bits per heavy atom. The van der Waals surface area contributed by atoms with Crippen LogP contribution in [0.3, 0.4) is 0 Å². The molecule has 3 aromatic rings. The van der Waals surface area contributed by atoms with E-state index >= 15 is 0 Å². The molecule has 2 fully saturated rings. The zero-order valence-electron chi connectivity index (χ0n) is 19.8. The lowest BCUT2D eigenvalue weighted by Crippen LogP contribution is -2.49. The fourth-order valence-corrected chi connectivity index (χ4v) is 4.96. The quantitative estimate of drug-likeness (QED) is 0.519. The Morgan fingerprint density at radius 2 is 1.97 bits per heavy atom. The van der Waals surface area contributed by atoms with Gasteiger partial charge in [-0.05, 0) is 37.1 Å². The smallest absolute Gasteiger partial charge is 0.408 e. The van der Waals surface area contributed by atoms with E-state index in [0.29, 0.717) is 22.3 Å². The van der Waals surface area contributed by atoms with Crippen LogP contribution < -0.4 is 10.5 Å². The van der Waals surface area contributed by atoms with Crippen molar-refractivity contribution in [1.29, 1.82) is 0 Å². The Balaban J connectivity index is 1.39. The number of hydrogen-bond donors (Lipinski definition) is 1. The number of carbonyl (C=O) groups is 2. The van der Waals surface area contributed by atoms with Crippen LogP contribution in [-0.4, -0.2) is 75.3 Å². The first-order valence-corrected chi connectivity index (χ1v) is 11.7. The van der Waals surface area contributed by atoms with Crippen molar-refractivity contribution in [3.8, 4) is 5.75 Å². The van der Waals surface area contributed by atoms with E-state index in [1.54, 1.807) is 18.2 Å². The van der Waals surface area contributed by atoms with Crippen LogP contribution in [0.5, 0.6) is 5.75 Å². The first-order chi connectivity index (χ1) is 17.6. The SMILES string of the molecule is COc1ccc2c(c1)c(C1CN(C(=O)c3cc(N)ncc3F)C1)nn2CC(=O)N1CCC[C@H]1C(F)(F)F. The topological polar surface area (TPSA) is 107 Å². The predicted molar refractivity (Wildman–Crippen MR) is 124 cm³/mol. The average molecular weight is 520 g/mol. The molecule has 2 amide bonds. The van der Waals surface area contributed by atoms with Gasteiger partial charge in [0.1, 0.15) is 24.2 Å². The number of methoxy groups -OCH3 is 1. The molecule has 0 bridgehead atoms. The summed E-state index contributed by atoms with van der Waals surface area (Å²) in [6.45, 7) is 0.158. The molecular formula is C24H24F4N6O3. The number of rotatable bonds is 5. The number of nitrogen functional groups attached to an aromatic ring is 1. The molecule has 196 valence electrons. The average Bonchev–Trinajstić information content (AvgIpc) is 3.45. The number of benzene rings is 1. The molecule has 2 N–H and O–H groups in total. The van der Waals surface area contributed by atoms with Gasteiger partial charge in [0.05, 0.1) is 30.1 Å². The minimum absolute atomic E-state index is 0.0223. The molecule has 2 aliphatic rings. The summed E-state index contributed by atoms with van der Waals surface area (Å²) in [6.07, 6.45) is -3.43. The molecule has 37 heavy (non-hydrogen) atoms. The van der Waals surface area contributed by atoms with E-state index in [9.17, 15) is 27.2 Å². The molecule has 9 nitrogen and oxygen atoms in total. The van der Waals surface area contributed by atoms with E-state index in [2.05, 4.69) is 10.1 Å². The second-order valence-electron chi connectivity index (χ2n) is 9.21. The largest absolute Gasteiger partial charge is 0.497 e. The Labute approximate surface area is 208 Å². The number of halogens is 4. The van der Waals surface area contributed by atoms with Gasteiger partial charge in [0.2, 0.25) is 5.91 Å². The molecule has 4 heterocycles. The number of likely N-dealkylation sites (tertiary alicyclic amines) is 2. The number of anilines is 1. The van der Waals surface area contributed by atoms with Gasteiger partial charge < -0.3 is 20.3 Å². The van der Waals surface area contributed by atoms with E-state index in [-0.39, 0.29) is 56.3 Å². The molecule has 0 saturated carbocycles. The van der Waals surface area contributed by atoms with Crippen molar-refractivity contribution < 1.29 is 31.9 Å². The molecule has 2 saturated heterocycles. The molecule has 2 aromatic heterocycles. The van der Waals surface area contributed by atoms with Crippen LogP contribution in [0.4, 0.5) is 23.4 Å². The van der Waals surface area contributed by atoms with Crippen molar-refractivity contribution >= 4 is 28.5 Å². The lowest BCUT2D eigenvalue weighted by atomic mass is 9.93. The molecular weight excluding hydrogens is 496 g/mol. The fourth-order valence-electron chi connectivity index (χ4n) is 4.96. The lowest BCUT2D eigenvalue weighted by Gasteiger charge is -2.38. The number of nitrogens with two attached hydrogens (primary N) is 1.